The van der Waals surface area contributed by atoms with Gasteiger partial charge in [0, 0.05) is 32.2 Å². The molecule has 0 fully saturated rings. The number of rotatable bonds is 4. The first kappa shape index (κ1) is 13.1. The number of carboxylic acids is 1. The second-order valence-corrected chi connectivity index (χ2v) is 4.47. The van der Waals surface area contributed by atoms with Crippen molar-refractivity contribution in [3.63, 3.8) is 0 Å². The van der Waals surface area contributed by atoms with E-state index in [1.807, 2.05) is 29.8 Å². The summed E-state index contributed by atoms with van der Waals surface area (Å²) in [6.07, 6.45) is 3.60. The van der Waals surface area contributed by atoms with Gasteiger partial charge in [0.15, 0.2) is 0 Å². The molecular weight excluding hydrogens is 244 g/mol. The molecule has 100 valence electrons. The summed E-state index contributed by atoms with van der Waals surface area (Å²) < 4.78 is 1.92. The fraction of sp³-hybridized carbons (Fsp3) is 0.308. The number of nitrogens with zero attached hydrogens (tertiary/aromatic N) is 4. The Hall–Kier alpha value is -2.37. The number of carboxylic acid groups (broad SMARTS) is 1. The van der Waals surface area contributed by atoms with Crippen LogP contribution >= 0.6 is 0 Å². The van der Waals surface area contributed by atoms with Gasteiger partial charge in [-0.3, -0.25) is 0 Å². The van der Waals surface area contributed by atoms with Crippen LogP contribution in [0.4, 0.5) is 5.82 Å². The number of pyridine rings is 1. The first-order chi connectivity index (χ1) is 8.97. The van der Waals surface area contributed by atoms with Crippen molar-refractivity contribution in [1.29, 1.82) is 0 Å². The van der Waals surface area contributed by atoms with Gasteiger partial charge in [0.1, 0.15) is 11.6 Å². The van der Waals surface area contributed by atoms with Crippen LogP contribution in [0.1, 0.15) is 21.9 Å². The quantitative estimate of drug-likeness (QED) is 0.901. The molecule has 6 heteroatoms. The van der Waals surface area contributed by atoms with Gasteiger partial charge in [0.25, 0.3) is 0 Å². The Labute approximate surface area is 111 Å². The van der Waals surface area contributed by atoms with Gasteiger partial charge in [-0.15, -0.1) is 0 Å². The molecule has 0 saturated carbocycles. The van der Waals surface area contributed by atoms with Crippen LogP contribution in [0.25, 0.3) is 0 Å². The van der Waals surface area contributed by atoms with Gasteiger partial charge in [0.2, 0.25) is 0 Å². The first-order valence-electron chi connectivity index (χ1n) is 5.86. The summed E-state index contributed by atoms with van der Waals surface area (Å²) in [6, 6.07) is 3.12. The van der Waals surface area contributed by atoms with Gasteiger partial charge < -0.3 is 14.6 Å². The number of carbonyl (C=O) groups is 1. The highest BCUT2D eigenvalue weighted by Crippen LogP contribution is 2.15. The highest BCUT2D eigenvalue weighted by Gasteiger charge is 2.11. The number of aromatic carboxylic acids is 1. The zero-order chi connectivity index (χ0) is 14.0. The summed E-state index contributed by atoms with van der Waals surface area (Å²) >= 11 is 0. The number of anilines is 1. The molecule has 6 nitrogen and oxygen atoms in total. The van der Waals surface area contributed by atoms with Crippen LogP contribution in [-0.4, -0.2) is 32.7 Å². The molecule has 2 aromatic rings. The third-order valence-electron chi connectivity index (χ3n) is 2.88. The summed E-state index contributed by atoms with van der Waals surface area (Å²) in [7, 11) is 3.78. The second-order valence-electron chi connectivity index (χ2n) is 4.47. The number of hydrogen-bond donors (Lipinski definition) is 1. The third-order valence-corrected chi connectivity index (χ3v) is 2.88. The molecule has 0 atom stereocenters. The number of aryl methyl sites for hydroxylation is 2. The summed E-state index contributed by atoms with van der Waals surface area (Å²) in [5, 5.41) is 9.05. The zero-order valence-corrected chi connectivity index (χ0v) is 11.2. The highest BCUT2D eigenvalue weighted by atomic mass is 16.4. The van der Waals surface area contributed by atoms with E-state index in [1.165, 1.54) is 0 Å². The monoisotopic (exact) mass is 260 g/mol. The molecule has 0 aromatic carbocycles. The summed E-state index contributed by atoms with van der Waals surface area (Å²) in [4.78, 5) is 21.5. The molecule has 19 heavy (non-hydrogen) atoms. The van der Waals surface area contributed by atoms with Crippen molar-refractivity contribution in [2.24, 2.45) is 7.05 Å². The van der Waals surface area contributed by atoms with Crippen molar-refractivity contribution in [2.75, 3.05) is 11.9 Å². The molecule has 0 saturated heterocycles. The zero-order valence-electron chi connectivity index (χ0n) is 11.2. The molecule has 0 amide bonds. The SMILES string of the molecule is Cc1cc(C(=O)O)cc(N(C)Cc2nccn2C)n1. The van der Waals surface area contributed by atoms with E-state index in [0.717, 1.165) is 5.82 Å². The largest absolute Gasteiger partial charge is 0.478 e. The molecule has 0 radical (unpaired) electrons. The first-order valence-corrected chi connectivity index (χ1v) is 5.86. The molecule has 2 rings (SSSR count). The van der Waals surface area contributed by atoms with E-state index < -0.39 is 5.97 Å². The van der Waals surface area contributed by atoms with Crippen LogP contribution in [-0.2, 0) is 13.6 Å². The predicted molar refractivity (Wildman–Crippen MR) is 71.2 cm³/mol. The van der Waals surface area contributed by atoms with Crippen LogP contribution in [0.5, 0.6) is 0 Å². The average Bonchev–Trinajstić information content (AvgIpc) is 2.74. The molecule has 0 bridgehead atoms. The Kier molecular flexibility index (Phi) is 3.50. The second kappa shape index (κ2) is 5.09. The Bertz CT molecular complexity index is 606. The molecule has 0 spiro atoms. The fourth-order valence-electron chi connectivity index (χ4n) is 1.81. The Balaban J connectivity index is 2.26. The number of hydrogen-bond acceptors (Lipinski definition) is 4. The summed E-state index contributed by atoms with van der Waals surface area (Å²) in [5.74, 6) is 0.570. The van der Waals surface area contributed by atoms with Crippen molar-refractivity contribution in [3.05, 3.63) is 41.6 Å². The molecule has 1 N–H and O–H groups in total. The lowest BCUT2D eigenvalue weighted by molar-refractivity contribution is 0.0696. The van der Waals surface area contributed by atoms with E-state index in [-0.39, 0.29) is 5.56 Å². The predicted octanol–water partition coefficient (Wildman–Crippen LogP) is 1.46. The minimum atomic E-state index is -0.947. The van der Waals surface area contributed by atoms with Crippen molar-refractivity contribution < 1.29 is 9.90 Å². The van der Waals surface area contributed by atoms with E-state index in [2.05, 4.69) is 9.97 Å². The van der Waals surface area contributed by atoms with E-state index in [9.17, 15) is 4.79 Å². The summed E-state index contributed by atoms with van der Waals surface area (Å²) in [6.45, 7) is 2.35. The fourth-order valence-corrected chi connectivity index (χ4v) is 1.81. The van der Waals surface area contributed by atoms with Crippen molar-refractivity contribution in [1.82, 2.24) is 14.5 Å². The normalized spacial score (nSPS) is 10.5. The Morgan fingerprint density at radius 3 is 2.79 bits per heavy atom. The number of imidazole rings is 1. The summed E-state index contributed by atoms with van der Waals surface area (Å²) in [5.41, 5.74) is 0.927. The highest BCUT2D eigenvalue weighted by molar-refractivity contribution is 5.88. The Morgan fingerprint density at radius 1 is 1.47 bits per heavy atom. The van der Waals surface area contributed by atoms with Gasteiger partial charge in [-0.1, -0.05) is 0 Å². The molecule has 0 aliphatic carbocycles. The molecule has 0 aliphatic heterocycles. The van der Waals surface area contributed by atoms with Gasteiger partial charge in [-0.05, 0) is 19.1 Å². The third kappa shape index (κ3) is 2.90. The van der Waals surface area contributed by atoms with Crippen LogP contribution in [0.3, 0.4) is 0 Å². The van der Waals surface area contributed by atoms with E-state index in [0.29, 0.717) is 18.1 Å². The van der Waals surface area contributed by atoms with Gasteiger partial charge >= 0.3 is 5.97 Å². The minimum Gasteiger partial charge on any atom is -0.478 e. The smallest absolute Gasteiger partial charge is 0.335 e. The maximum absolute atomic E-state index is 11.0. The average molecular weight is 260 g/mol. The van der Waals surface area contributed by atoms with Crippen molar-refractivity contribution in [2.45, 2.75) is 13.5 Å². The van der Waals surface area contributed by atoms with Crippen LogP contribution in [0.15, 0.2) is 24.5 Å². The van der Waals surface area contributed by atoms with E-state index >= 15 is 0 Å². The van der Waals surface area contributed by atoms with Gasteiger partial charge in [0.05, 0.1) is 12.1 Å². The van der Waals surface area contributed by atoms with Gasteiger partial charge in [-0.25, -0.2) is 14.8 Å². The minimum absolute atomic E-state index is 0.245. The van der Waals surface area contributed by atoms with E-state index in [1.54, 1.807) is 25.3 Å². The molecular formula is C13H16N4O2. The molecule has 2 aromatic heterocycles. The lowest BCUT2D eigenvalue weighted by Gasteiger charge is -2.18. The Morgan fingerprint density at radius 2 is 2.21 bits per heavy atom. The van der Waals surface area contributed by atoms with Crippen molar-refractivity contribution >= 4 is 11.8 Å². The topological polar surface area (TPSA) is 71.2 Å². The van der Waals surface area contributed by atoms with Crippen molar-refractivity contribution in [3.8, 4) is 0 Å². The number of aromatic nitrogens is 3. The van der Waals surface area contributed by atoms with Gasteiger partial charge in [-0.2, -0.15) is 0 Å². The molecule has 0 unspecified atom stereocenters. The molecule has 0 aliphatic rings. The maximum Gasteiger partial charge on any atom is 0.335 e. The lowest BCUT2D eigenvalue weighted by atomic mass is 10.2. The maximum atomic E-state index is 11.0. The molecule has 2 heterocycles. The standard InChI is InChI=1S/C13H16N4O2/c1-9-6-10(13(18)19)7-11(15-9)17(3)8-12-14-4-5-16(12)2/h4-7H,8H2,1-3H3,(H,18,19). The van der Waals surface area contributed by atoms with Crippen LogP contribution in [0.2, 0.25) is 0 Å². The van der Waals surface area contributed by atoms with Crippen LogP contribution < -0.4 is 4.90 Å². The van der Waals surface area contributed by atoms with E-state index in [4.69, 9.17) is 5.11 Å². The van der Waals surface area contributed by atoms with Crippen LogP contribution in [0, 0.1) is 6.92 Å². The lowest BCUT2D eigenvalue weighted by Crippen LogP contribution is -2.20.